The fourth-order valence-corrected chi connectivity index (χ4v) is 4.87. The van der Waals surface area contributed by atoms with Gasteiger partial charge in [-0.05, 0) is 42.8 Å². The molecule has 2 aromatic heterocycles. The highest BCUT2D eigenvalue weighted by Crippen LogP contribution is 2.39. The number of pyridine rings is 1. The number of fused-ring (bicyclic) bond motifs is 6. The van der Waals surface area contributed by atoms with Gasteiger partial charge in [-0.15, -0.1) is 0 Å². The van der Waals surface area contributed by atoms with Gasteiger partial charge >= 0.3 is 18.3 Å². The first-order chi connectivity index (χ1) is 20.5. The number of carbonyl (C=O) groups excluding carboxylic acids is 1. The lowest BCUT2D eigenvalue weighted by molar-refractivity contribution is -0.144. The van der Waals surface area contributed by atoms with Crippen molar-refractivity contribution >= 4 is 11.9 Å². The number of benzene rings is 2. The molecule has 4 aromatic rings. The first kappa shape index (κ1) is 30.3. The van der Waals surface area contributed by atoms with E-state index < -0.39 is 76.5 Å². The number of amides is 1. The van der Waals surface area contributed by atoms with Crippen LogP contribution in [0.2, 0.25) is 0 Å². The SMILES string of the molecule is Cc1cccc2c1-n1cc(c(C(F)(F)F)n1)[C@H](CC(=O)O)NC(=O)[C@@H](n1ccc(C(F)(F)F)cc1=O)c1cc(ccc1F)O2. The maximum absolute atomic E-state index is 15.3. The molecular weight excluding hydrogens is 605 g/mol. The van der Waals surface area contributed by atoms with Crippen molar-refractivity contribution in [2.24, 2.45) is 0 Å². The lowest BCUT2D eigenvalue weighted by Gasteiger charge is -2.25. The monoisotopic (exact) mass is 624 g/mol. The number of carboxylic acids is 1. The largest absolute Gasteiger partial charge is 0.481 e. The highest BCUT2D eigenvalue weighted by atomic mass is 19.4. The number of halogens is 7. The number of hydrogen-bond donors (Lipinski definition) is 2. The Morgan fingerprint density at radius 3 is 2.39 bits per heavy atom. The van der Waals surface area contributed by atoms with Crippen LogP contribution in [0.25, 0.3) is 5.69 Å². The first-order valence-corrected chi connectivity index (χ1v) is 12.6. The van der Waals surface area contributed by atoms with Crippen LogP contribution in [-0.4, -0.2) is 31.3 Å². The van der Waals surface area contributed by atoms with Crippen molar-refractivity contribution in [2.45, 2.75) is 37.8 Å². The number of nitrogens with zero attached hydrogens (tertiary/aromatic N) is 3. The Morgan fingerprint density at radius 1 is 1.02 bits per heavy atom. The summed E-state index contributed by atoms with van der Waals surface area (Å²) in [4.78, 5) is 38.4. The van der Waals surface area contributed by atoms with E-state index >= 15 is 4.39 Å². The molecule has 4 bridgehead atoms. The number of aromatic nitrogens is 3. The zero-order valence-electron chi connectivity index (χ0n) is 22.2. The van der Waals surface area contributed by atoms with Gasteiger partial charge in [0, 0.05) is 29.6 Å². The molecule has 44 heavy (non-hydrogen) atoms. The second-order valence-corrected chi connectivity index (χ2v) is 9.80. The summed E-state index contributed by atoms with van der Waals surface area (Å²) in [6.07, 6.45) is -9.78. The van der Waals surface area contributed by atoms with Crippen LogP contribution in [0.15, 0.2) is 65.7 Å². The van der Waals surface area contributed by atoms with E-state index in [4.69, 9.17) is 4.74 Å². The molecule has 16 heteroatoms. The number of nitrogens with one attached hydrogen (secondary N) is 1. The third kappa shape index (κ3) is 5.74. The van der Waals surface area contributed by atoms with E-state index in [1.165, 1.54) is 25.1 Å². The van der Waals surface area contributed by atoms with Crippen molar-refractivity contribution in [3.63, 3.8) is 0 Å². The summed E-state index contributed by atoms with van der Waals surface area (Å²) in [5, 5.41) is 15.3. The number of carbonyl (C=O) groups is 2. The number of carboxylic acid groups (broad SMARTS) is 1. The van der Waals surface area contributed by atoms with Crippen LogP contribution in [0.3, 0.4) is 0 Å². The standard InChI is InChI=1S/C28H19F7N4O5/c1-13-3-2-4-20-23(13)39-12-17(25(37-39)28(33,34)35)19(11-22(41)42)36-26(43)24(16-10-15(44-20)5-6-18(16)29)38-8-7-14(9-21(38)40)27(30,31)32/h2-10,12,19,24H,11H2,1H3,(H,36,43)(H,41,42)/t19-,24-/m0/s1. The highest BCUT2D eigenvalue weighted by molar-refractivity contribution is 5.85. The minimum absolute atomic E-state index is 0.00489. The van der Waals surface area contributed by atoms with Gasteiger partial charge in [0.05, 0.1) is 18.0 Å². The lowest BCUT2D eigenvalue weighted by Crippen LogP contribution is -2.40. The summed E-state index contributed by atoms with van der Waals surface area (Å²) < 4.78 is 105. The molecule has 2 atom stereocenters. The van der Waals surface area contributed by atoms with E-state index in [1.807, 2.05) is 0 Å². The molecule has 0 saturated carbocycles. The molecule has 0 fully saturated rings. The predicted molar refractivity (Wildman–Crippen MR) is 137 cm³/mol. The van der Waals surface area contributed by atoms with Crippen molar-refractivity contribution < 1.29 is 50.2 Å². The Kier molecular flexibility index (Phi) is 7.47. The molecule has 5 rings (SSSR count). The number of rotatable bonds is 3. The van der Waals surface area contributed by atoms with E-state index in [0.29, 0.717) is 22.4 Å². The molecule has 9 nitrogen and oxygen atoms in total. The average molecular weight is 624 g/mol. The molecule has 0 radical (unpaired) electrons. The van der Waals surface area contributed by atoms with Crippen LogP contribution in [-0.2, 0) is 21.9 Å². The van der Waals surface area contributed by atoms with Crippen molar-refractivity contribution in [2.75, 3.05) is 0 Å². The molecule has 1 aliphatic heterocycles. The van der Waals surface area contributed by atoms with Gasteiger partial charge in [0.15, 0.2) is 11.4 Å². The number of hydrogen-bond acceptors (Lipinski definition) is 5. The Balaban J connectivity index is 1.81. The Morgan fingerprint density at radius 2 is 1.75 bits per heavy atom. The Hall–Kier alpha value is -5.15. The third-order valence-corrected chi connectivity index (χ3v) is 6.80. The van der Waals surface area contributed by atoms with Gasteiger partial charge in [0.1, 0.15) is 23.3 Å². The quantitative estimate of drug-likeness (QED) is 0.289. The first-order valence-electron chi connectivity index (χ1n) is 12.6. The number of aryl methyl sites for hydroxylation is 1. The highest BCUT2D eigenvalue weighted by Gasteiger charge is 2.42. The van der Waals surface area contributed by atoms with Gasteiger partial charge in [0.25, 0.3) is 5.56 Å². The number of para-hydroxylation sites is 1. The van der Waals surface area contributed by atoms with E-state index in [1.54, 1.807) is 0 Å². The smallest absolute Gasteiger partial charge is 0.435 e. The van der Waals surface area contributed by atoms with Gasteiger partial charge < -0.3 is 15.2 Å². The maximum Gasteiger partial charge on any atom is 0.435 e. The number of ether oxygens (including phenoxy) is 1. The number of alkyl halides is 6. The fourth-order valence-electron chi connectivity index (χ4n) is 4.87. The third-order valence-electron chi connectivity index (χ3n) is 6.80. The topological polar surface area (TPSA) is 115 Å². The van der Waals surface area contributed by atoms with Crippen LogP contribution >= 0.6 is 0 Å². The van der Waals surface area contributed by atoms with Gasteiger partial charge in [-0.3, -0.25) is 19.0 Å². The van der Waals surface area contributed by atoms with Crippen molar-refractivity contribution in [1.82, 2.24) is 19.7 Å². The second kappa shape index (κ2) is 10.8. The van der Waals surface area contributed by atoms with Crippen LogP contribution < -0.4 is 15.6 Å². The van der Waals surface area contributed by atoms with Crippen molar-refractivity contribution in [3.8, 4) is 17.2 Å². The van der Waals surface area contributed by atoms with Crippen LogP contribution in [0.5, 0.6) is 11.5 Å². The normalized spacial score (nSPS) is 17.0. The molecule has 230 valence electrons. The molecule has 0 saturated heterocycles. The molecule has 0 unspecified atom stereocenters. The summed E-state index contributed by atoms with van der Waals surface area (Å²) in [5.41, 5.74) is -5.35. The lowest BCUT2D eigenvalue weighted by atomic mass is 10.0. The second-order valence-electron chi connectivity index (χ2n) is 9.80. The molecule has 1 amide bonds. The molecular formula is C28H19F7N4O5. The van der Waals surface area contributed by atoms with E-state index in [2.05, 4.69) is 10.4 Å². The average Bonchev–Trinajstić information content (AvgIpc) is 3.36. The minimum Gasteiger partial charge on any atom is -0.481 e. The molecule has 2 aromatic carbocycles. The molecule has 1 aliphatic rings. The van der Waals surface area contributed by atoms with Gasteiger partial charge in [0.2, 0.25) is 5.91 Å². The van der Waals surface area contributed by atoms with Gasteiger partial charge in [-0.1, -0.05) is 12.1 Å². The van der Waals surface area contributed by atoms with Crippen LogP contribution in [0.1, 0.15) is 46.5 Å². The van der Waals surface area contributed by atoms with Gasteiger partial charge in [-0.2, -0.15) is 31.4 Å². The van der Waals surface area contributed by atoms with Crippen molar-refractivity contribution in [1.29, 1.82) is 0 Å². The molecule has 0 spiro atoms. The predicted octanol–water partition coefficient (Wildman–Crippen LogP) is 5.55. The Bertz CT molecular complexity index is 1850. The van der Waals surface area contributed by atoms with E-state index in [0.717, 1.165) is 29.1 Å². The Labute approximate surface area is 242 Å². The number of aliphatic carboxylic acids is 1. The van der Waals surface area contributed by atoms with Crippen LogP contribution in [0, 0.1) is 12.7 Å². The van der Waals surface area contributed by atoms with Crippen LogP contribution in [0.4, 0.5) is 30.7 Å². The van der Waals surface area contributed by atoms with Crippen molar-refractivity contribution in [3.05, 3.63) is 105 Å². The summed E-state index contributed by atoms with van der Waals surface area (Å²) in [6, 6.07) is 3.94. The zero-order valence-corrected chi connectivity index (χ0v) is 22.2. The summed E-state index contributed by atoms with van der Waals surface area (Å²) in [6.45, 7) is 1.54. The summed E-state index contributed by atoms with van der Waals surface area (Å²) >= 11 is 0. The summed E-state index contributed by atoms with van der Waals surface area (Å²) in [5.74, 6) is -4.39. The maximum atomic E-state index is 15.3. The zero-order chi connectivity index (χ0) is 32.1. The molecule has 0 aliphatic carbocycles. The fraction of sp³-hybridized carbons (Fsp3) is 0.214. The van der Waals surface area contributed by atoms with E-state index in [9.17, 15) is 45.8 Å². The van der Waals surface area contributed by atoms with E-state index in [-0.39, 0.29) is 23.3 Å². The molecule has 3 heterocycles. The molecule has 2 N–H and O–H groups in total. The van der Waals surface area contributed by atoms with Gasteiger partial charge in [-0.25, -0.2) is 9.07 Å². The summed E-state index contributed by atoms with van der Waals surface area (Å²) in [7, 11) is 0. The minimum atomic E-state index is -5.15.